The largest absolute Gasteiger partial charge is 0.444 e. The maximum atomic E-state index is 11.6. The molecule has 124 valence electrons. The lowest BCUT2D eigenvalue weighted by Gasteiger charge is -2.22. The van der Waals surface area contributed by atoms with E-state index in [-0.39, 0.29) is 6.54 Å². The van der Waals surface area contributed by atoms with Gasteiger partial charge in [-0.25, -0.2) is 4.79 Å². The summed E-state index contributed by atoms with van der Waals surface area (Å²) in [6.07, 6.45) is -1.36. The highest BCUT2D eigenvalue weighted by Gasteiger charge is 2.22. The maximum Gasteiger partial charge on any atom is 0.407 e. The minimum absolute atomic E-state index is 0.118. The van der Waals surface area contributed by atoms with Crippen LogP contribution in [0.5, 0.6) is 0 Å². The molecule has 0 aliphatic heterocycles. The van der Waals surface area contributed by atoms with E-state index >= 15 is 0 Å². The fourth-order valence-electron chi connectivity index (χ4n) is 2.20. The lowest BCUT2D eigenvalue weighted by molar-refractivity contribution is 0.0136. The summed E-state index contributed by atoms with van der Waals surface area (Å²) in [7, 11) is 0. The van der Waals surface area contributed by atoms with E-state index in [0.29, 0.717) is 5.56 Å². The van der Waals surface area contributed by atoms with Gasteiger partial charge in [-0.3, -0.25) is 4.98 Å². The number of carbonyl (C=O) groups excluding carboxylic acids is 1. The van der Waals surface area contributed by atoms with Gasteiger partial charge in [0.2, 0.25) is 0 Å². The van der Waals surface area contributed by atoms with Gasteiger partial charge in [0, 0.05) is 18.1 Å². The molecule has 0 aliphatic carbocycles. The summed E-state index contributed by atoms with van der Waals surface area (Å²) >= 11 is 0. The van der Waals surface area contributed by atoms with Crippen LogP contribution in [0.4, 0.5) is 4.79 Å². The van der Waals surface area contributed by atoms with Crippen molar-refractivity contribution in [1.29, 1.82) is 0 Å². The number of aromatic nitrogens is 1. The SMILES string of the molecule is CC(C)(C)OC(=O)NCC(O)C(O)c1ccnc2ccccc12. The number of amides is 1. The maximum absolute atomic E-state index is 11.6. The van der Waals surface area contributed by atoms with Gasteiger partial charge in [-0.1, -0.05) is 18.2 Å². The molecule has 0 bridgehead atoms. The zero-order chi connectivity index (χ0) is 17.0. The summed E-state index contributed by atoms with van der Waals surface area (Å²) in [6, 6.07) is 9.01. The molecule has 0 aliphatic rings. The molecule has 0 saturated carbocycles. The van der Waals surface area contributed by atoms with Crippen molar-refractivity contribution in [3.8, 4) is 0 Å². The summed E-state index contributed by atoms with van der Waals surface area (Å²) in [6.45, 7) is 5.13. The first-order chi connectivity index (χ1) is 10.8. The smallest absolute Gasteiger partial charge is 0.407 e. The number of fused-ring (bicyclic) bond motifs is 1. The Kier molecular flexibility index (Phi) is 5.18. The minimum atomic E-state index is -1.16. The first kappa shape index (κ1) is 17.2. The lowest BCUT2D eigenvalue weighted by Crippen LogP contribution is -2.38. The number of nitrogens with one attached hydrogen (secondary N) is 1. The predicted octanol–water partition coefficient (Wildman–Crippen LogP) is 2.15. The van der Waals surface area contributed by atoms with E-state index in [0.717, 1.165) is 10.9 Å². The van der Waals surface area contributed by atoms with E-state index in [1.54, 1.807) is 33.0 Å². The number of carbonyl (C=O) groups is 1. The predicted molar refractivity (Wildman–Crippen MR) is 86.9 cm³/mol. The van der Waals surface area contributed by atoms with Crippen molar-refractivity contribution < 1.29 is 19.7 Å². The number of alkyl carbamates (subject to hydrolysis) is 1. The van der Waals surface area contributed by atoms with Gasteiger partial charge in [0.1, 0.15) is 17.8 Å². The summed E-state index contributed by atoms with van der Waals surface area (Å²) in [5.41, 5.74) is 0.681. The molecule has 6 heteroatoms. The van der Waals surface area contributed by atoms with Gasteiger partial charge in [0.05, 0.1) is 5.52 Å². The number of benzene rings is 1. The molecule has 6 nitrogen and oxygen atoms in total. The van der Waals surface area contributed by atoms with E-state index in [2.05, 4.69) is 10.3 Å². The molecule has 2 aromatic rings. The van der Waals surface area contributed by atoms with E-state index < -0.39 is 23.9 Å². The van der Waals surface area contributed by atoms with Crippen LogP contribution >= 0.6 is 0 Å². The standard InChI is InChI=1S/C17H22N2O4/c1-17(2,3)23-16(22)19-10-14(20)15(21)12-8-9-18-13-7-5-4-6-11(12)13/h4-9,14-15,20-21H,10H2,1-3H3,(H,19,22). The number of para-hydroxylation sites is 1. The minimum Gasteiger partial charge on any atom is -0.444 e. The van der Waals surface area contributed by atoms with E-state index in [1.807, 2.05) is 24.3 Å². The zero-order valence-corrected chi connectivity index (χ0v) is 13.5. The Balaban J connectivity index is 2.04. The van der Waals surface area contributed by atoms with Crippen LogP contribution in [0.3, 0.4) is 0 Å². The monoisotopic (exact) mass is 318 g/mol. The van der Waals surface area contributed by atoms with Gasteiger partial charge >= 0.3 is 6.09 Å². The first-order valence-electron chi connectivity index (χ1n) is 7.44. The molecule has 0 radical (unpaired) electrons. The lowest BCUT2D eigenvalue weighted by atomic mass is 10.0. The van der Waals surface area contributed by atoms with Crippen molar-refractivity contribution >= 4 is 17.0 Å². The highest BCUT2D eigenvalue weighted by Crippen LogP contribution is 2.24. The topological polar surface area (TPSA) is 91.7 Å². The zero-order valence-electron chi connectivity index (χ0n) is 13.5. The molecular formula is C17H22N2O4. The Labute approximate surface area is 135 Å². The second-order valence-electron chi connectivity index (χ2n) is 6.31. The number of rotatable bonds is 4. The summed E-state index contributed by atoms with van der Waals surface area (Å²) < 4.78 is 5.09. The molecular weight excluding hydrogens is 296 g/mol. The van der Waals surface area contributed by atoms with Crippen molar-refractivity contribution in [2.45, 2.75) is 38.6 Å². The van der Waals surface area contributed by atoms with Crippen molar-refractivity contribution in [2.75, 3.05) is 6.54 Å². The molecule has 1 aromatic carbocycles. The van der Waals surface area contributed by atoms with Crippen LogP contribution in [0.1, 0.15) is 32.4 Å². The quantitative estimate of drug-likeness (QED) is 0.803. The van der Waals surface area contributed by atoms with Crippen LogP contribution in [-0.2, 0) is 4.74 Å². The Morgan fingerprint density at radius 1 is 1.26 bits per heavy atom. The Morgan fingerprint density at radius 3 is 2.65 bits per heavy atom. The Hall–Kier alpha value is -2.18. The molecule has 3 N–H and O–H groups in total. The Bertz CT molecular complexity index is 676. The third kappa shape index (κ3) is 4.64. The molecule has 0 spiro atoms. The van der Waals surface area contributed by atoms with Crippen LogP contribution in [0.2, 0.25) is 0 Å². The average molecular weight is 318 g/mol. The summed E-state index contributed by atoms with van der Waals surface area (Å²) in [4.78, 5) is 15.8. The molecule has 2 unspecified atom stereocenters. The van der Waals surface area contributed by atoms with Gasteiger partial charge < -0.3 is 20.3 Å². The second-order valence-corrected chi connectivity index (χ2v) is 6.31. The molecule has 0 saturated heterocycles. The number of hydrogen-bond acceptors (Lipinski definition) is 5. The fraction of sp³-hybridized carbons (Fsp3) is 0.412. The van der Waals surface area contributed by atoms with Gasteiger partial charge in [-0.2, -0.15) is 0 Å². The molecule has 1 aromatic heterocycles. The van der Waals surface area contributed by atoms with Crippen molar-refractivity contribution in [1.82, 2.24) is 10.3 Å². The summed E-state index contributed by atoms with van der Waals surface area (Å²) in [5.74, 6) is 0. The number of nitrogens with zero attached hydrogens (tertiary/aromatic N) is 1. The summed E-state index contributed by atoms with van der Waals surface area (Å²) in [5, 5.41) is 23.7. The van der Waals surface area contributed by atoms with Gasteiger partial charge in [-0.15, -0.1) is 0 Å². The molecule has 23 heavy (non-hydrogen) atoms. The third-order valence-electron chi connectivity index (χ3n) is 3.22. The number of aliphatic hydroxyl groups is 2. The van der Waals surface area contributed by atoms with Gasteiger partial charge in [0.25, 0.3) is 0 Å². The fourth-order valence-corrected chi connectivity index (χ4v) is 2.20. The van der Waals surface area contributed by atoms with Crippen LogP contribution in [0.15, 0.2) is 36.5 Å². The highest BCUT2D eigenvalue weighted by atomic mass is 16.6. The van der Waals surface area contributed by atoms with Crippen LogP contribution in [0, 0.1) is 0 Å². The number of aliphatic hydroxyl groups excluding tert-OH is 2. The number of hydrogen-bond donors (Lipinski definition) is 3. The molecule has 1 heterocycles. The normalized spacial score (nSPS) is 14.3. The Morgan fingerprint density at radius 2 is 1.96 bits per heavy atom. The molecule has 1 amide bonds. The van der Waals surface area contributed by atoms with Crippen molar-refractivity contribution in [3.05, 3.63) is 42.1 Å². The van der Waals surface area contributed by atoms with Crippen LogP contribution in [0.25, 0.3) is 10.9 Å². The second kappa shape index (κ2) is 6.93. The van der Waals surface area contributed by atoms with Crippen molar-refractivity contribution in [3.63, 3.8) is 0 Å². The number of ether oxygens (including phenoxy) is 1. The molecule has 2 atom stereocenters. The average Bonchev–Trinajstić information content (AvgIpc) is 2.49. The van der Waals surface area contributed by atoms with Crippen LogP contribution < -0.4 is 5.32 Å². The molecule has 0 fully saturated rings. The molecule has 2 rings (SSSR count). The van der Waals surface area contributed by atoms with E-state index in [9.17, 15) is 15.0 Å². The van der Waals surface area contributed by atoms with Crippen molar-refractivity contribution in [2.24, 2.45) is 0 Å². The number of pyridine rings is 1. The van der Waals surface area contributed by atoms with Crippen LogP contribution in [-0.4, -0.2) is 39.5 Å². The van der Waals surface area contributed by atoms with Gasteiger partial charge in [0.15, 0.2) is 0 Å². The first-order valence-corrected chi connectivity index (χ1v) is 7.44. The van der Waals surface area contributed by atoms with E-state index in [1.165, 1.54) is 0 Å². The van der Waals surface area contributed by atoms with Gasteiger partial charge in [-0.05, 0) is 38.5 Å². The van der Waals surface area contributed by atoms with E-state index in [4.69, 9.17) is 4.74 Å². The highest BCUT2D eigenvalue weighted by molar-refractivity contribution is 5.82. The third-order valence-corrected chi connectivity index (χ3v) is 3.22.